The molecule has 0 aromatic rings. The summed E-state index contributed by atoms with van der Waals surface area (Å²) in [5.41, 5.74) is 0. The summed E-state index contributed by atoms with van der Waals surface area (Å²) in [6, 6.07) is 0. The second-order valence-electron chi connectivity index (χ2n) is 8.32. The lowest BCUT2D eigenvalue weighted by atomic mass is 9.96. The molecule has 0 unspecified atom stereocenters. The Labute approximate surface area is 187 Å². The first-order chi connectivity index (χ1) is 15.5. The van der Waals surface area contributed by atoms with Crippen LogP contribution in [0, 0.1) is 0 Å². The zero-order chi connectivity index (χ0) is 24.6. The number of hydrogen-bond donors (Lipinski definition) is 10. The van der Waals surface area contributed by atoms with Gasteiger partial charge >= 0.3 is 0 Å². The Hall–Kier alpha value is -0.600. The highest BCUT2D eigenvalue weighted by Crippen LogP contribution is 2.32. The minimum Gasteiger partial charge on any atom is -0.394 e. The zero-order valence-corrected chi connectivity index (χ0v) is 17.6. The van der Waals surface area contributed by atoms with Gasteiger partial charge in [-0.2, -0.15) is 0 Å². The van der Waals surface area contributed by atoms with Crippen LogP contribution in [0.3, 0.4) is 0 Å². The van der Waals surface area contributed by atoms with E-state index in [0.29, 0.717) is 0 Å². The number of ether oxygens (including phenoxy) is 5. The van der Waals surface area contributed by atoms with Crippen LogP contribution < -0.4 is 0 Å². The van der Waals surface area contributed by atoms with Crippen LogP contribution in [0.15, 0.2) is 0 Å². The van der Waals surface area contributed by atoms with Crippen LogP contribution in [0.4, 0.5) is 0 Å². The third kappa shape index (κ3) is 5.32. The highest BCUT2D eigenvalue weighted by molar-refractivity contribution is 4.96. The molecule has 10 N–H and O–H groups in total. The van der Waals surface area contributed by atoms with Crippen LogP contribution in [0.25, 0.3) is 0 Å². The minimum atomic E-state index is -1.88. The Morgan fingerprint density at radius 1 is 0.545 bits per heavy atom. The van der Waals surface area contributed by atoms with Gasteiger partial charge in [0, 0.05) is 0 Å². The maximum atomic E-state index is 10.5. The predicted molar refractivity (Wildman–Crippen MR) is 99.8 cm³/mol. The van der Waals surface area contributed by atoms with Crippen molar-refractivity contribution in [1.82, 2.24) is 0 Å². The third-order valence-corrected chi connectivity index (χ3v) is 6.05. The molecule has 33 heavy (non-hydrogen) atoms. The number of hydrogen-bond acceptors (Lipinski definition) is 15. The summed E-state index contributed by atoms with van der Waals surface area (Å²) < 4.78 is 26.9. The fourth-order valence-electron chi connectivity index (χ4n) is 3.99. The molecule has 3 fully saturated rings. The lowest BCUT2D eigenvalue weighted by Gasteiger charge is -2.48. The lowest BCUT2D eigenvalue weighted by molar-refractivity contribution is -0.382. The van der Waals surface area contributed by atoms with E-state index in [9.17, 15) is 51.1 Å². The standard InChI is InChI=1S/C18H32O15/c1-4-7(21)9(23)11(25)17(29-4)33-15-13(27)16(28)30-6(3-20)14(15)32-18-12(26)10(24)8(22)5(2-19)31-18/h4-28H,2-3H2,1H3/t4-,5+,6+,7-,8+,9+,10-,11+,12+,13+,14+,15+,16+,17-,18+/m0/s1. The van der Waals surface area contributed by atoms with Gasteiger partial charge in [0.15, 0.2) is 18.9 Å². The van der Waals surface area contributed by atoms with Gasteiger partial charge in [-0.3, -0.25) is 0 Å². The van der Waals surface area contributed by atoms with Crippen LogP contribution in [0.5, 0.6) is 0 Å². The van der Waals surface area contributed by atoms with E-state index in [1.165, 1.54) is 6.92 Å². The summed E-state index contributed by atoms with van der Waals surface area (Å²) in [6.07, 6.45) is -24.0. The van der Waals surface area contributed by atoms with Gasteiger partial charge in [0.25, 0.3) is 0 Å². The summed E-state index contributed by atoms with van der Waals surface area (Å²) >= 11 is 0. The molecule has 0 bridgehead atoms. The van der Waals surface area contributed by atoms with E-state index in [2.05, 4.69) is 0 Å². The second-order valence-corrected chi connectivity index (χ2v) is 8.32. The molecule has 15 atom stereocenters. The van der Waals surface area contributed by atoms with Crippen molar-refractivity contribution in [3.05, 3.63) is 0 Å². The van der Waals surface area contributed by atoms with Crippen molar-refractivity contribution in [2.75, 3.05) is 13.2 Å². The Morgan fingerprint density at radius 2 is 1.06 bits per heavy atom. The Morgan fingerprint density at radius 3 is 1.64 bits per heavy atom. The van der Waals surface area contributed by atoms with Gasteiger partial charge in [-0.15, -0.1) is 0 Å². The Kier molecular flexibility index (Phi) is 8.99. The summed E-state index contributed by atoms with van der Waals surface area (Å²) in [6.45, 7) is -0.127. The van der Waals surface area contributed by atoms with Crippen LogP contribution in [-0.2, 0) is 23.7 Å². The van der Waals surface area contributed by atoms with Crippen molar-refractivity contribution in [2.24, 2.45) is 0 Å². The molecule has 0 aromatic carbocycles. The molecule has 0 radical (unpaired) electrons. The molecule has 3 aliphatic rings. The highest BCUT2D eigenvalue weighted by atomic mass is 16.8. The van der Waals surface area contributed by atoms with E-state index in [1.54, 1.807) is 0 Å². The molecule has 15 nitrogen and oxygen atoms in total. The molecule has 3 rings (SSSR count). The van der Waals surface area contributed by atoms with Crippen molar-refractivity contribution >= 4 is 0 Å². The summed E-state index contributed by atoms with van der Waals surface area (Å²) in [5, 5.41) is 99.8. The van der Waals surface area contributed by atoms with Crippen molar-refractivity contribution in [2.45, 2.75) is 99.0 Å². The number of rotatable bonds is 6. The Balaban J connectivity index is 1.83. The first-order valence-electron chi connectivity index (χ1n) is 10.4. The molecule has 0 aromatic heterocycles. The van der Waals surface area contributed by atoms with Crippen molar-refractivity contribution < 1.29 is 74.7 Å². The number of aliphatic hydroxyl groups excluding tert-OH is 10. The molecule has 194 valence electrons. The normalized spacial score (nSPS) is 53.7. The van der Waals surface area contributed by atoms with Crippen molar-refractivity contribution in [3.8, 4) is 0 Å². The quantitative estimate of drug-likeness (QED) is 0.167. The molecule has 0 aliphatic carbocycles. The molecular formula is C18H32O15. The second kappa shape index (κ2) is 11.0. The molecule has 0 spiro atoms. The summed E-state index contributed by atoms with van der Waals surface area (Å²) in [7, 11) is 0. The molecule has 0 amide bonds. The van der Waals surface area contributed by atoms with Crippen LogP contribution in [-0.4, -0.2) is 156 Å². The molecule has 0 saturated carbocycles. The van der Waals surface area contributed by atoms with Gasteiger partial charge in [-0.25, -0.2) is 0 Å². The van der Waals surface area contributed by atoms with Crippen LogP contribution in [0.2, 0.25) is 0 Å². The third-order valence-electron chi connectivity index (χ3n) is 6.05. The van der Waals surface area contributed by atoms with Crippen molar-refractivity contribution in [3.63, 3.8) is 0 Å². The first-order valence-corrected chi connectivity index (χ1v) is 10.4. The van der Waals surface area contributed by atoms with Gasteiger partial charge in [0.05, 0.1) is 19.3 Å². The van der Waals surface area contributed by atoms with E-state index in [4.69, 9.17) is 23.7 Å². The van der Waals surface area contributed by atoms with E-state index in [0.717, 1.165) is 0 Å². The first kappa shape index (κ1) is 27.0. The van der Waals surface area contributed by atoms with E-state index in [-0.39, 0.29) is 0 Å². The van der Waals surface area contributed by atoms with E-state index in [1.807, 2.05) is 0 Å². The van der Waals surface area contributed by atoms with Crippen LogP contribution >= 0.6 is 0 Å². The molecule has 3 saturated heterocycles. The molecule has 15 heteroatoms. The summed E-state index contributed by atoms with van der Waals surface area (Å²) in [4.78, 5) is 0. The SMILES string of the molecule is C[C@@H]1O[C@@H](O[C@@H]2[C@@H](O)[C@H](O)O[C@H](CO)[C@H]2O[C@H]2O[C@H](CO)[C@@H](O)[C@H](O)[C@H]2O)[C@H](O)[C@H](O)[C@H]1O. The van der Waals surface area contributed by atoms with Gasteiger partial charge < -0.3 is 74.7 Å². The smallest absolute Gasteiger partial charge is 0.187 e. The fraction of sp³-hybridized carbons (Fsp3) is 1.00. The van der Waals surface area contributed by atoms with Gasteiger partial charge in [0.1, 0.15) is 67.1 Å². The maximum absolute atomic E-state index is 10.5. The lowest BCUT2D eigenvalue weighted by Crippen LogP contribution is -2.66. The topological polar surface area (TPSA) is 248 Å². The van der Waals surface area contributed by atoms with Gasteiger partial charge in [0.2, 0.25) is 0 Å². The number of aliphatic hydroxyl groups is 10. The van der Waals surface area contributed by atoms with E-state index < -0.39 is 105 Å². The molecular weight excluding hydrogens is 456 g/mol. The zero-order valence-electron chi connectivity index (χ0n) is 17.6. The van der Waals surface area contributed by atoms with Crippen LogP contribution in [0.1, 0.15) is 6.92 Å². The largest absolute Gasteiger partial charge is 0.394 e. The Bertz CT molecular complexity index is 624. The monoisotopic (exact) mass is 488 g/mol. The molecule has 3 aliphatic heterocycles. The average Bonchev–Trinajstić information content (AvgIpc) is 2.80. The fourth-order valence-corrected chi connectivity index (χ4v) is 3.99. The maximum Gasteiger partial charge on any atom is 0.187 e. The average molecular weight is 488 g/mol. The predicted octanol–water partition coefficient (Wildman–Crippen LogP) is -6.55. The highest BCUT2D eigenvalue weighted by Gasteiger charge is 2.53. The summed E-state index contributed by atoms with van der Waals surface area (Å²) in [5.74, 6) is 0. The van der Waals surface area contributed by atoms with E-state index >= 15 is 0 Å². The van der Waals surface area contributed by atoms with Crippen molar-refractivity contribution in [1.29, 1.82) is 0 Å². The van der Waals surface area contributed by atoms with Gasteiger partial charge in [-0.1, -0.05) is 0 Å². The van der Waals surface area contributed by atoms with Gasteiger partial charge in [-0.05, 0) is 6.92 Å². The molecule has 3 heterocycles. The minimum absolute atomic E-state index is 0.739.